The molecule has 0 aromatic carbocycles. The fraction of sp³-hybridized carbons (Fsp3) is 0.900. The molecule has 0 unspecified atom stereocenters. The van der Waals surface area contributed by atoms with Crippen LogP contribution in [-0.4, -0.2) is 38.3 Å². The van der Waals surface area contributed by atoms with E-state index in [-0.39, 0.29) is 5.91 Å². The molecule has 0 bridgehead atoms. The molecule has 14 heavy (non-hydrogen) atoms. The van der Waals surface area contributed by atoms with Gasteiger partial charge in [0, 0.05) is 19.1 Å². The average molecular weight is 201 g/mol. The van der Waals surface area contributed by atoms with Crippen LogP contribution < -0.4 is 10.6 Å². The lowest BCUT2D eigenvalue weighted by Crippen LogP contribution is -2.86. The summed E-state index contributed by atoms with van der Waals surface area (Å²) in [6, 6.07) is 0.485. The molecule has 4 nitrogen and oxygen atoms in total. The van der Waals surface area contributed by atoms with Crippen LogP contribution in [0.4, 0.5) is 0 Å². The molecule has 1 aliphatic carbocycles. The van der Waals surface area contributed by atoms with E-state index < -0.39 is 0 Å². The van der Waals surface area contributed by atoms with Crippen LogP contribution in [-0.2, 0) is 9.53 Å². The first-order chi connectivity index (χ1) is 6.83. The van der Waals surface area contributed by atoms with Gasteiger partial charge in [-0.2, -0.15) is 0 Å². The van der Waals surface area contributed by atoms with Gasteiger partial charge in [-0.15, -0.1) is 0 Å². The van der Waals surface area contributed by atoms with Crippen LogP contribution in [0.5, 0.6) is 0 Å². The number of ether oxygens (including phenoxy) is 1. The maximum absolute atomic E-state index is 11.2. The molecular weight excluding hydrogens is 180 g/mol. The zero-order valence-corrected chi connectivity index (χ0v) is 8.92. The third kappa shape index (κ3) is 5.94. The molecule has 0 aromatic heterocycles. The molecule has 1 rings (SSSR count). The number of amides is 1. The Labute approximate surface area is 85.4 Å². The summed E-state index contributed by atoms with van der Waals surface area (Å²) in [5, 5.41) is 4.99. The molecule has 0 saturated heterocycles. The van der Waals surface area contributed by atoms with Crippen LogP contribution in [0.15, 0.2) is 0 Å². The Kier molecular flexibility index (Phi) is 5.56. The minimum absolute atomic E-state index is 0.170. The summed E-state index contributed by atoms with van der Waals surface area (Å²) in [6.45, 7) is 5.10. The monoisotopic (exact) mass is 201 g/mol. The lowest BCUT2D eigenvalue weighted by Gasteiger charge is -2.03. The maximum Gasteiger partial charge on any atom is 0.275 e. The number of hydrogen-bond acceptors (Lipinski definition) is 2. The molecule has 0 aliphatic heterocycles. The third-order valence-electron chi connectivity index (χ3n) is 2.17. The van der Waals surface area contributed by atoms with Crippen LogP contribution >= 0.6 is 0 Å². The number of nitrogens with two attached hydrogens (primary N) is 1. The van der Waals surface area contributed by atoms with E-state index in [0.29, 0.717) is 12.6 Å². The molecule has 1 aliphatic rings. The molecule has 0 radical (unpaired) electrons. The molecule has 82 valence electrons. The fourth-order valence-electron chi connectivity index (χ4n) is 1.22. The zero-order chi connectivity index (χ0) is 10.2. The number of hydrogen-bond donors (Lipinski definition) is 2. The summed E-state index contributed by atoms with van der Waals surface area (Å²) in [5.41, 5.74) is 0. The normalized spacial score (nSPS) is 15.5. The van der Waals surface area contributed by atoms with Gasteiger partial charge in [-0.25, -0.2) is 0 Å². The molecule has 0 atom stereocenters. The van der Waals surface area contributed by atoms with Crippen molar-refractivity contribution >= 4 is 5.91 Å². The van der Waals surface area contributed by atoms with Gasteiger partial charge in [0.15, 0.2) is 6.54 Å². The first-order valence-corrected chi connectivity index (χ1v) is 5.51. The highest BCUT2D eigenvalue weighted by Gasteiger charge is 2.23. The van der Waals surface area contributed by atoms with E-state index in [1.54, 1.807) is 0 Å². The van der Waals surface area contributed by atoms with Crippen molar-refractivity contribution in [2.24, 2.45) is 0 Å². The topological polar surface area (TPSA) is 54.9 Å². The van der Waals surface area contributed by atoms with Gasteiger partial charge in [0.05, 0.1) is 13.2 Å². The highest BCUT2D eigenvalue weighted by atomic mass is 16.5. The Morgan fingerprint density at radius 1 is 1.57 bits per heavy atom. The van der Waals surface area contributed by atoms with Crippen LogP contribution in [0.3, 0.4) is 0 Å². The van der Waals surface area contributed by atoms with E-state index in [4.69, 9.17) is 4.74 Å². The second kappa shape index (κ2) is 6.79. The van der Waals surface area contributed by atoms with E-state index in [1.807, 2.05) is 12.2 Å². The second-order valence-corrected chi connectivity index (χ2v) is 3.67. The zero-order valence-electron chi connectivity index (χ0n) is 8.92. The summed E-state index contributed by atoms with van der Waals surface area (Å²) in [7, 11) is 0. The lowest BCUT2D eigenvalue weighted by atomic mass is 10.4. The summed E-state index contributed by atoms with van der Waals surface area (Å²) in [5.74, 6) is 0.170. The number of rotatable bonds is 8. The van der Waals surface area contributed by atoms with Crippen molar-refractivity contribution in [3.05, 3.63) is 0 Å². The maximum atomic E-state index is 11.2. The van der Waals surface area contributed by atoms with Gasteiger partial charge in [0.25, 0.3) is 5.91 Å². The predicted octanol–water partition coefficient (Wildman–Crippen LogP) is -0.745. The quantitative estimate of drug-likeness (QED) is 0.508. The van der Waals surface area contributed by atoms with Crippen molar-refractivity contribution in [3.8, 4) is 0 Å². The molecule has 4 heteroatoms. The number of nitrogens with one attached hydrogen (secondary N) is 1. The second-order valence-electron chi connectivity index (χ2n) is 3.67. The molecule has 1 fully saturated rings. The summed E-state index contributed by atoms with van der Waals surface area (Å²) in [6.07, 6.45) is 3.34. The van der Waals surface area contributed by atoms with Crippen LogP contribution in [0.1, 0.15) is 26.2 Å². The smallest absolute Gasteiger partial charge is 0.275 e. The molecule has 0 spiro atoms. The van der Waals surface area contributed by atoms with Crippen LogP contribution in [0.2, 0.25) is 0 Å². The largest absolute Gasteiger partial charge is 0.382 e. The third-order valence-corrected chi connectivity index (χ3v) is 2.17. The van der Waals surface area contributed by atoms with E-state index in [2.05, 4.69) is 5.32 Å². The van der Waals surface area contributed by atoms with Crippen molar-refractivity contribution in [3.63, 3.8) is 0 Å². The van der Waals surface area contributed by atoms with E-state index in [9.17, 15) is 4.79 Å². The van der Waals surface area contributed by atoms with Crippen molar-refractivity contribution in [2.45, 2.75) is 32.2 Å². The standard InChI is InChI=1S/C10H20N2O2/c1-2-14-7-3-6-11-8-10(13)12-9-4-5-9/h9,11H,2-8H2,1H3,(H,12,13)/p+1. The summed E-state index contributed by atoms with van der Waals surface area (Å²) < 4.78 is 5.19. The molecule has 1 saturated carbocycles. The Morgan fingerprint density at radius 2 is 2.36 bits per heavy atom. The highest BCUT2D eigenvalue weighted by Crippen LogP contribution is 2.17. The minimum atomic E-state index is 0.170. The highest BCUT2D eigenvalue weighted by molar-refractivity contribution is 5.77. The lowest BCUT2D eigenvalue weighted by molar-refractivity contribution is -0.644. The van der Waals surface area contributed by atoms with Gasteiger partial charge in [-0.05, 0) is 19.8 Å². The molecular formula is C10H21N2O2+. The first-order valence-electron chi connectivity index (χ1n) is 5.51. The van der Waals surface area contributed by atoms with Gasteiger partial charge < -0.3 is 15.4 Å². The van der Waals surface area contributed by atoms with Gasteiger partial charge in [0.2, 0.25) is 0 Å². The number of quaternary nitrogens is 1. The van der Waals surface area contributed by atoms with Crippen molar-refractivity contribution in [2.75, 3.05) is 26.3 Å². The van der Waals surface area contributed by atoms with Crippen molar-refractivity contribution < 1.29 is 14.8 Å². The Morgan fingerprint density at radius 3 is 3.00 bits per heavy atom. The average Bonchev–Trinajstić information content (AvgIpc) is 2.95. The first kappa shape index (κ1) is 11.5. The van der Waals surface area contributed by atoms with Crippen molar-refractivity contribution in [1.82, 2.24) is 5.32 Å². The van der Waals surface area contributed by atoms with E-state index >= 15 is 0 Å². The van der Waals surface area contributed by atoms with Gasteiger partial charge >= 0.3 is 0 Å². The number of carbonyl (C=O) groups is 1. The van der Waals surface area contributed by atoms with Gasteiger partial charge in [-0.1, -0.05) is 0 Å². The van der Waals surface area contributed by atoms with E-state index in [1.165, 1.54) is 0 Å². The molecule has 0 aromatic rings. The van der Waals surface area contributed by atoms with Gasteiger partial charge in [0.1, 0.15) is 0 Å². The summed E-state index contributed by atoms with van der Waals surface area (Å²) in [4.78, 5) is 11.2. The number of carbonyl (C=O) groups excluding carboxylic acids is 1. The molecule has 3 N–H and O–H groups in total. The van der Waals surface area contributed by atoms with Crippen LogP contribution in [0.25, 0.3) is 0 Å². The van der Waals surface area contributed by atoms with Crippen molar-refractivity contribution in [1.29, 1.82) is 0 Å². The summed E-state index contributed by atoms with van der Waals surface area (Å²) >= 11 is 0. The minimum Gasteiger partial charge on any atom is -0.382 e. The van der Waals surface area contributed by atoms with Crippen LogP contribution in [0, 0.1) is 0 Å². The Balaban J connectivity index is 1.80. The fourth-order valence-corrected chi connectivity index (χ4v) is 1.22. The Bertz CT molecular complexity index is 170. The predicted molar refractivity (Wildman–Crippen MR) is 53.9 cm³/mol. The van der Waals surface area contributed by atoms with Gasteiger partial charge in [-0.3, -0.25) is 4.79 Å². The SMILES string of the molecule is CCOCCC[NH2+]CC(=O)NC1CC1. The van der Waals surface area contributed by atoms with E-state index in [0.717, 1.165) is 39.0 Å². The Hall–Kier alpha value is -0.610. The molecule has 0 heterocycles. The molecule has 1 amide bonds.